The molecule has 0 aliphatic heterocycles. The highest BCUT2D eigenvalue weighted by Crippen LogP contribution is 2.26. The lowest BCUT2D eigenvalue weighted by atomic mass is 9.89. The standard InChI is InChI=1S/C12H16F2N2O/c1-7(2)16-12(3,11(15)17)10-8(13)5-4-6-9(10)14/h4-7,16H,1-3H3,(H2,15,17). The van der Waals surface area contributed by atoms with E-state index in [0.29, 0.717) is 0 Å². The van der Waals surface area contributed by atoms with Gasteiger partial charge in [0.25, 0.3) is 0 Å². The van der Waals surface area contributed by atoms with E-state index in [9.17, 15) is 13.6 Å². The fraction of sp³-hybridized carbons (Fsp3) is 0.417. The monoisotopic (exact) mass is 242 g/mol. The molecule has 0 spiro atoms. The average molecular weight is 242 g/mol. The van der Waals surface area contributed by atoms with Crippen molar-refractivity contribution in [3.8, 4) is 0 Å². The van der Waals surface area contributed by atoms with Gasteiger partial charge in [0.2, 0.25) is 5.91 Å². The van der Waals surface area contributed by atoms with Crippen molar-refractivity contribution in [2.24, 2.45) is 5.73 Å². The summed E-state index contributed by atoms with van der Waals surface area (Å²) >= 11 is 0. The van der Waals surface area contributed by atoms with Gasteiger partial charge in [0.05, 0.1) is 5.56 Å². The normalized spacial score (nSPS) is 14.7. The summed E-state index contributed by atoms with van der Waals surface area (Å²) in [6, 6.07) is 3.29. The smallest absolute Gasteiger partial charge is 0.242 e. The van der Waals surface area contributed by atoms with Crippen molar-refractivity contribution in [1.82, 2.24) is 5.32 Å². The summed E-state index contributed by atoms with van der Waals surface area (Å²) < 4.78 is 27.3. The number of nitrogens with one attached hydrogen (secondary N) is 1. The van der Waals surface area contributed by atoms with Crippen LogP contribution in [0.3, 0.4) is 0 Å². The van der Waals surface area contributed by atoms with Gasteiger partial charge in [0.15, 0.2) is 0 Å². The second kappa shape index (κ2) is 4.79. The summed E-state index contributed by atoms with van der Waals surface area (Å²) in [4.78, 5) is 11.5. The van der Waals surface area contributed by atoms with Crippen molar-refractivity contribution in [1.29, 1.82) is 0 Å². The Balaban J connectivity index is 3.37. The Morgan fingerprint density at radius 2 is 1.82 bits per heavy atom. The van der Waals surface area contributed by atoms with E-state index < -0.39 is 23.1 Å². The second-order valence-corrected chi connectivity index (χ2v) is 4.38. The van der Waals surface area contributed by atoms with Gasteiger partial charge in [-0.2, -0.15) is 0 Å². The van der Waals surface area contributed by atoms with Crippen LogP contribution in [0.1, 0.15) is 26.3 Å². The molecule has 3 nitrogen and oxygen atoms in total. The summed E-state index contributed by atoms with van der Waals surface area (Å²) in [5.41, 5.74) is 3.34. The molecule has 5 heteroatoms. The summed E-state index contributed by atoms with van der Waals surface area (Å²) in [5.74, 6) is -2.41. The number of carbonyl (C=O) groups is 1. The van der Waals surface area contributed by atoms with E-state index in [2.05, 4.69) is 5.32 Å². The van der Waals surface area contributed by atoms with Crippen molar-refractivity contribution in [3.63, 3.8) is 0 Å². The number of carbonyl (C=O) groups excluding carboxylic acids is 1. The highest BCUT2D eigenvalue weighted by molar-refractivity contribution is 5.85. The highest BCUT2D eigenvalue weighted by Gasteiger charge is 2.38. The number of nitrogens with two attached hydrogens (primary N) is 1. The van der Waals surface area contributed by atoms with Crippen LogP contribution in [-0.4, -0.2) is 11.9 Å². The molecule has 0 aromatic heterocycles. The molecule has 0 radical (unpaired) electrons. The van der Waals surface area contributed by atoms with Crippen LogP contribution in [0.2, 0.25) is 0 Å². The SMILES string of the molecule is CC(C)NC(C)(C(N)=O)c1c(F)cccc1F. The van der Waals surface area contributed by atoms with Crippen molar-refractivity contribution in [2.45, 2.75) is 32.4 Å². The van der Waals surface area contributed by atoms with Gasteiger partial charge in [-0.05, 0) is 32.9 Å². The molecule has 0 aliphatic carbocycles. The summed E-state index contributed by atoms with van der Waals surface area (Å²) in [5, 5.41) is 2.80. The number of amides is 1. The van der Waals surface area contributed by atoms with E-state index in [0.717, 1.165) is 12.1 Å². The van der Waals surface area contributed by atoms with E-state index in [1.54, 1.807) is 13.8 Å². The Kier molecular flexibility index (Phi) is 3.83. The third-order valence-corrected chi connectivity index (χ3v) is 2.53. The zero-order chi connectivity index (χ0) is 13.2. The Bertz CT molecular complexity index is 414. The van der Waals surface area contributed by atoms with Gasteiger partial charge in [-0.3, -0.25) is 10.1 Å². The fourth-order valence-electron chi connectivity index (χ4n) is 1.82. The quantitative estimate of drug-likeness (QED) is 0.843. The van der Waals surface area contributed by atoms with Crippen LogP contribution in [0, 0.1) is 11.6 Å². The number of halogens is 2. The van der Waals surface area contributed by atoms with Crippen molar-refractivity contribution in [2.75, 3.05) is 0 Å². The molecule has 1 unspecified atom stereocenters. The largest absolute Gasteiger partial charge is 0.368 e. The van der Waals surface area contributed by atoms with Crippen LogP contribution >= 0.6 is 0 Å². The molecule has 1 rings (SSSR count). The number of hydrogen-bond donors (Lipinski definition) is 2. The molecule has 0 saturated heterocycles. The average Bonchev–Trinajstić information content (AvgIpc) is 2.15. The molecule has 0 fully saturated rings. The molecule has 94 valence electrons. The van der Waals surface area contributed by atoms with Crippen molar-refractivity contribution >= 4 is 5.91 Å². The molecule has 0 bridgehead atoms. The summed E-state index contributed by atoms with van der Waals surface area (Å²) in [6.45, 7) is 4.90. The predicted octanol–water partition coefficient (Wildman–Crippen LogP) is 1.66. The van der Waals surface area contributed by atoms with E-state index in [4.69, 9.17) is 5.73 Å². The van der Waals surface area contributed by atoms with Crippen LogP contribution in [0.4, 0.5) is 8.78 Å². The van der Waals surface area contributed by atoms with Crippen LogP contribution in [0.15, 0.2) is 18.2 Å². The topological polar surface area (TPSA) is 55.1 Å². The molecule has 1 atom stereocenters. The van der Waals surface area contributed by atoms with Crippen LogP contribution in [0.25, 0.3) is 0 Å². The zero-order valence-electron chi connectivity index (χ0n) is 10.1. The van der Waals surface area contributed by atoms with Gasteiger partial charge in [0.1, 0.15) is 17.2 Å². The summed E-state index contributed by atoms with van der Waals surface area (Å²) in [7, 11) is 0. The molecule has 1 amide bonds. The fourth-order valence-corrected chi connectivity index (χ4v) is 1.82. The van der Waals surface area contributed by atoms with Gasteiger partial charge in [-0.15, -0.1) is 0 Å². The highest BCUT2D eigenvalue weighted by atomic mass is 19.1. The number of rotatable bonds is 4. The molecule has 3 N–H and O–H groups in total. The third kappa shape index (κ3) is 2.61. The first-order chi connectivity index (χ1) is 7.79. The first-order valence-electron chi connectivity index (χ1n) is 5.31. The maximum absolute atomic E-state index is 13.7. The van der Waals surface area contributed by atoms with Crippen molar-refractivity contribution < 1.29 is 13.6 Å². The lowest BCUT2D eigenvalue weighted by Gasteiger charge is -2.30. The molecule has 1 aromatic rings. The van der Waals surface area contributed by atoms with Gasteiger partial charge in [0, 0.05) is 6.04 Å². The minimum atomic E-state index is -1.57. The minimum Gasteiger partial charge on any atom is -0.368 e. The second-order valence-electron chi connectivity index (χ2n) is 4.38. The molecular formula is C12H16F2N2O. The molecule has 0 heterocycles. The van der Waals surface area contributed by atoms with Crippen LogP contribution < -0.4 is 11.1 Å². The zero-order valence-corrected chi connectivity index (χ0v) is 10.1. The lowest BCUT2D eigenvalue weighted by Crippen LogP contribution is -2.53. The van der Waals surface area contributed by atoms with E-state index in [1.807, 2.05) is 0 Å². The number of benzene rings is 1. The van der Waals surface area contributed by atoms with Gasteiger partial charge in [-0.25, -0.2) is 8.78 Å². The Labute approximate surface area is 99.0 Å². The third-order valence-electron chi connectivity index (χ3n) is 2.53. The Morgan fingerprint density at radius 3 is 2.18 bits per heavy atom. The molecular weight excluding hydrogens is 226 g/mol. The Morgan fingerprint density at radius 1 is 1.35 bits per heavy atom. The predicted molar refractivity (Wildman–Crippen MR) is 61.2 cm³/mol. The molecule has 0 saturated carbocycles. The maximum atomic E-state index is 13.7. The van der Waals surface area contributed by atoms with E-state index >= 15 is 0 Å². The Hall–Kier alpha value is -1.49. The molecule has 1 aromatic carbocycles. The molecule has 17 heavy (non-hydrogen) atoms. The number of hydrogen-bond acceptors (Lipinski definition) is 2. The van der Waals surface area contributed by atoms with Gasteiger partial charge >= 0.3 is 0 Å². The van der Waals surface area contributed by atoms with Gasteiger partial charge < -0.3 is 5.73 Å². The first-order valence-corrected chi connectivity index (χ1v) is 5.31. The van der Waals surface area contributed by atoms with Crippen molar-refractivity contribution in [3.05, 3.63) is 35.4 Å². The van der Waals surface area contributed by atoms with E-state index in [1.165, 1.54) is 13.0 Å². The van der Waals surface area contributed by atoms with Gasteiger partial charge in [-0.1, -0.05) is 6.07 Å². The lowest BCUT2D eigenvalue weighted by molar-refractivity contribution is -0.124. The van der Waals surface area contributed by atoms with Crippen LogP contribution in [-0.2, 0) is 10.3 Å². The molecule has 0 aliphatic rings. The van der Waals surface area contributed by atoms with Crippen LogP contribution in [0.5, 0.6) is 0 Å². The van der Waals surface area contributed by atoms with E-state index in [-0.39, 0.29) is 11.6 Å². The summed E-state index contributed by atoms with van der Waals surface area (Å²) in [6.07, 6.45) is 0. The number of primary amides is 1. The minimum absolute atomic E-state index is 0.147. The first kappa shape index (κ1) is 13.6. The maximum Gasteiger partial charge on any atom is 0.242 e.